The van der Waals surface area contributed by atoms with Gasteiger partial charge in [0.15, 0.2) is 6.61 Å². The second-order valence-electron chi connectivity index (χ2n) is 6.73. The van der Waals surface area contributed by atoms with Gasteiger partial charge in [0, 0.05) is 0 Å². The summed E-state index contributed by atoms with van der Waals surface area (Å²) in [5.41, 5.74) is 4.48. The molecule has 1 N–H and O–H groups in total. The summed E-state index contributed by atoms with van der Waals surface area (Å²) in [5, 5.41) is 3.10. The lowest BCUT2D eigenvalue weighted by molar-refractivity contribution is -0.123. The molecule has 3 aromatic carbocycles. The van der Waals surface area contributed by atoms with E-state index in [1.165, 1.54) is 11.1 Å². The highest BCUT2D eigenvalue weighted by atomic mass is 79.9. The Hall–Kier alpha value is -2.59. The predicted molar refractivity (Wildman–Crippen MR) is 117 cm³/mol. The standard InChI is InChI=1S/C24H24BrNO2/c1-3-18-11-14-22(21(25)15-18)28-16-23(27)26-24(19-7-5-4-6-8-19)20-12-9-17(2)10-13-20/h4-15,24H,3,16H2,1-2H3,(H,26,27)/t24-/m0/s1. The molecule has 0 saturated heterocycles. The number of nitrogens with one attached hydrogen (secondary N) is 1. The van der Waals surface area contributed by atoms with Gasteiger partial charge >= 0.3 is 0 Å². The fourth-order valence-corrected chi connectivity index (χ4v) is 3.53. The maximum atomic E-state index is 12.6. The van der Waals surface area contributed by atoms with Crippen molar-refractivity contribution in [1.82, 2.24) is 5.32 Å². The number of halogens is 1. The van der Waals surface area contributed by atoms with Crippen molar-refractivity contribution < 1.29 is 9.53 Å². The summed E-state index contributed by atoms with van der Waals surface area (Å²) < 4.78 is 6.59. The number of amides is 1. The molecule has 3 nitrogen and oxygen atoms in total. The van der Waals surface area contributed by atoms with E-state index < -0.39 is 0 Å². The van der Waals surface area contributed by atoms with Gasteiger partial charge in [-0.15, -0.1) is 0 Å². The van der Waals surface area contributed by atoms with Crippen LogP contribution in [0.2, 0.25) is 0 Å². The monoisotopic (exact) mass is 437 g/mol. The van der Waals surface area contributed by atoms with Crippen molar-refractivity contribution in [3.63, 3.8) is 0 Å². The van der Waals surface area contributed by atoms with Crippen LogP contribution in [-0.2, 0) is 11.2 Å². The van der Waals surface area contributed by atoms with Gasteiger partial charge in [0.1, 0.15) is 5.75 Å². The average Bonchev–Trinajstić information content (AvgIpc) is 2.72. The van der Waals surface area contributed by atoms with Crippen molar-refractivity contribution in [2.45, 2.75) is 26.3 Å². The first kappa shape index (κ1) is 20.2. The molecule has 0 heterocycles. The molecular weight excluding hydrogens is 414 g/mol. The van der Waals surface area contributed by atoms with Gasteiger partial charge < -0.3 is 10.1 Å². The summed E-state index contributed by atoms with van der Waals surface area (Å²) in [7, 11) is 0. The Bertz CT molecular complexity index is 923. The number of rotatable bonds is 7. The van der Waals surface area contributed by atoms with Gasteiger partial charge in [0.05, 0.1) is 10.5 Å². The predicted octanol–water partition coefficient (Wildman–Crippen LogP) is 5.60. The van der Waals surface area contributed by atoms with E-state index in [0.29, 0.717) is 5.75 Å². The summed E-state index contributed by atoms with van der Waals surface area (Å²) in [6.45, 7) is 4.11. The number of benzene rings is 3. The smallest absolute Gasteiger partial charge is 0.258 e. The number of aryl methyl sites for hydroxylation is 2. The van der Waals surface area contributed by atoms with Gasteiger partial charge in [0.25, 0.3) is 5.91 Å². The third-order valence-electron chi connectivity index (χ3n) is 4.61. The van der Waals surface area contributed by atoms with Crippen molar-refractivity contribution in [1.29, 1.82) is 0 Å². The minimum absolute atomic E-state index is 0.0424. The topological polar surface area (TPSA) is 38.3 Å². The zero-order chi connectivity index (χ0) is 19.9. The molecule has 1 atom stereocenters. The largest absolute Gasteiger partial charge is 0.483 e. The lowest BCUT2D eigenvalue weighted by Gasteiger charge is -2.20. The molecule has 0 aliphatic carbocycles. The van der Waals surface area contributed by atoms with Crippen LogP contribution < -0.4 is 10.1 Å². The van der Waals surface area contributed by atoms with E-state index in [0.717, 1.165) is 22.0 Å². The van der Waals surface area contributed by atoms with Gasteiger partial charge in [-0.05, 0) is 58.1 Å². The fraction of sp³-hybridized carbons (Fsp3) is 0.208. The molecule has 4 heteroatoms. The van der Waals surface area contributed by atoms with E-state index in [1.807, 2.05) is 60.7 Å². The Kier molecular flexibility index (Phi) is 6.88. The summed E-state index contributed by atoms with van der Waals surface area (Å²) >= 11 is 3.51. The van der Waals surface area contributed by atoms with Crippen LogP contribution in [-0.4, -0.2) is 12.5 Å². The molecule has 0 aliphatic heterocycles. The lowest BCUT2D eigenvalue weighted by Crippen LogP contribution is -2.33. The fourth-order valence-electron chi connectivity index (χ4n) is 2.99. The Morgan fingerprint density at radius 3 is 2.32 bits per heavy atom. The lowest BCUT2D eigenvalue weighted by atomic mass is 9.98. The number of hydrogen-bond donors (Lipinski definition) is 1. The van der Waals surface area contributed by atoms with E-state index in [4.69, 9.17) is 4.74 Å². The summed E-state index contributed by atoms with van der Waals surface area (Å²) in [5.74, 6) is 0.500. The molecule has 0 aromatic heterocycles. The van der Waals surface area contributed by atoms with Crippen LogP contribution >= 0.6 is 15.9 Å². The van der Waals surface area contributed by atoms with Gasteiger partial charge in [-0.1, -0.05) is 73.2 Å². The second-order valence-corrected chi connectivity index (χ2v) is 7.58. The third kappa shape index (κ3) is 5.23. The van der Waals surface area contributed by atoms with E-state index >= 15 is 0 Å². The van der Waals surface area contributed by atoms with Crippen molar-refractivity contribution in [2.75, 3.05) is 6.61 Å². The Morgan fingerprint density at radius 1 is 1.00 bits per heavy atom. The number of hydrogen-bond acceptors (Lipinski definition) is 2. The number of ether oxygens (including phenoxy) is 1. The maximum Gasteiger partial charge on any atom is 0.258 e. The first-order valence-electron chi connectivity index (χ1n) is 9.39. The quantitative estimate of drug-likeness (QED) is 0.521. The molecule has 0 unspecified atom stereocenters. The summed E-state index contributed by atoms with van der Waals surface area (Å²) in [6, 6.07) is 23.9. The van der Waals surface area contributed by atoms with E-state index in [9.17, 15) is 4.79 Å². The average molecular weight is 438 g/mol. The summed E-state index contributed by atoms with van der Waals surface area (Å²) in [6.07, 6.45) is 0.953. The molecule has 144 valence electrons. The molecule has 3 aromatic rings. The first-order valence-corrected chi connectivity index (χ1v) is 10.2. The van der Waals surface area contributed by atoms with Gasteiger partial charge in [-0.2, -0.15) is 0 Å². The van der Waals surface area contributed by atoms with Crippen LogP contribution in [0, 0.1) is 6.92 Å². The highest BCUT2D eigenvalue weighted by molar-refractivity contribution is 9.10. The van der Waals surface area contributed by atoms with Crippen molar-refractivity contribution in [3.8, 4) is 5.75 Å². The molecule has 3 rings (SSSR count). The number of carbonyl (C=O) groups is 1. The van der Waals surface area contributed by atoms with Crippen molar-refractivity contribution in [3.05, 3.63) is 99.5 Å². The molecule has 28 heavy (non-hydrogen) atoms. The molecule has 0 saturated carbocycles. The highest BCUT2D eigenvalue weighted by Crippen LogP contribution is 2.26. The Labute approximate surface area is 174 Å². The zero-order valence-corrected chi connectivity index (χ0v) is 17.7. The van der Waals surface area contributed by atoms with Gasteiger partial charge in [-0.25, -0.2) is 0 Å². The second kappa shape index (κ2) is 9.56. The third-order valence-corrected chi connectivity index (χ3v) is 5.23. The van der Waals surface area contributed by atoms with E-state index in [-0.39, 0.29) is 18.6 Å². The first-order chi connectivity index (χ1) is 13.6. The Balaban J connectivity index is 1.72. The molecule has 0 bridgehead atoms. The zero-order valence-electron chi connectivity index (χ0n) is 16.1. The minimum Gasteiger partial charge on any atom is -0.483 e. The highest BCUT2D eigenvalue weighted by Gasteiger charge is 2.17. The van der Waals surface area contributed by atoms with Crippen LogP contribution in [0.4, 0.5) is 0 Å². The molecule has 1 amide bonds. The normalized spacial score (nSPS) is 11.7. The molecule has 0 spiro atoms. The number of carbonyl (C=O) groups excluding carboxylic acids is 1. The molecule has 0 fully saturated rings. The van der Waals surface area contributed by atoms with Crippen molar-refractivity contribution in [2.24, 2.45) is 0 Å². The van der Waals surface area contributed by atoms with Crippen LogP contribution in [0.15, 0.2) is 77.3 Å². The minimum atomic E-state index is -0.219. The van der Waals surface area contributed by atoms with Crippen LogP contribution in [0.5, 0.6) is 5.75 Å². The van der Waals surface area contributed by atoms with Crippen LogP contribution in [0.25, 0.3) is 0 Å². The van der Waals surface area contributed by atoms with E-state index in [1.54, 1.807) is 0 Å². The van der Waals surface area contributed by atoms with Crippen LogP contribution in [0.1, 0.15) is 35.2 Å². The van der Waals surface area contributed by atoms with E-state index in [2.05, 4.69) is 47.2 Å². The molecule has 0 aliphatic rings. The SMILES string of the molecule is CCc1ccc(OCC(=O)N[C@@H](c2ccccc2)c2ccc(C)cc2)c(Br)c1. The Morgan fingerprint density at radius 2 is 1.68 bits per heavy atom. The molecule has 0 radical (unpaired) electrons. The summed E-state index contributed by atoms with van der Waals surface area (Å²) in [4.78, 5) is 12.6. The van der Waals surface area contributed by atoms with Crippen LogP contribution in [0.3, 0.4) is 0 Å². The van der Waals surface area contributed by atoms with Gasteiger partial charge in [0.2, 0.25) is 0 Å². The van der Waals surface area contributed by atoms with Gasteiger partial charge in [-0.3, -0.25) is 4.79 Å². The van der Waals surface area contributed by atoms with Crippen molar-refractivity contribution >= 4 is 21.8 Å². The molecular formula is C24H24BrNO2. The maximum absolute atomic E-state index is 12.6.